The number of aromatic hydroxyl groups is 2. The van der Waals surface area contributed by atoms with Crippen LogP contribution in [-0.2, 0) is 70.5 Å². The Labute approximate surface area is 460 Å². The van der Waals surface area contributed by atoms with E-state index in [0.29, 0.717) is 50.6 Å². The normalized spacial score (nSPS) is 13.3. The first-order valence-corrected chi connectivity index (χ1v) is 26.7. The maximum absolute atomic E-state index is 13.4. The van der Waals surface area contributed by atoms with Gasteiger partial charge in [-0.3, -0.25) is 67.0 Å². The zero-order chi connectivity index (χ0) is 58.6. The molecule has 4 unspecified atom stereocenters. The van der Waals surface area contributed by atoms with E-state index in [4.69, 9.17) is 20.9 Å². The van der Waals surface area contributed by atoms with Crippen molar-refractivity contribution in [2.24, 2.45) is 11.5 Å². The van der Waals surface area contributed by atoms with Gasteiger partial charge >= 0.3 is 5.97 Å². The summed E-state index contributed by atoms with van der Waals surface area (Å²) in [4.78, 5) is 149. The summed E-state index contributed by atoms with van der Waals surface area (Å²) in [5.41, 5.74) is 11.7. The first-order valence-electron chi connectivity index (χ1n) is 25.7. The Balaban J connectivity index is 1.41. The van der Waals surface area contributed by atoms with Gasteiger partial charge in [0.15, 0.2) is 17.4 Å². The van der Waals surface area contributed by atoms with E-state index >= 15 is 0 Å². The molecule has 0 bridgehead atoms. The van der Waals surface area contributed by atoms with Crippen LogP contribution in [-0.4, -0.2) is 154 Å². The largest absolute Gasteiger partial charge is 0.494 e. The Bertz CT molecular complexity index is 2540. The Hall–Kier alpha value is -8.17. The number of primary amides is 2. The van der Waals surface area contributed by atoms with Gasteiger partial charge in [0.1, 0.15) is 24.2 Å². The van der Waals surface area contributed by atoms with Gasteiger partial charge in [0.2, 0.25) is 59.0 Å². The number of nitrogens with zero attached hydrogens (tertiary/aromatic N) is 2. The molecule has 1 aromatic heterocycles. The quantitative estimate of drug-likeness (QED) is 0.0128. The number of rotatable bonds is 37. The first kappa shape index (κ1) is 65.1. The number of carbonyl (C=O) groups is 12. The number of benzene rings is 1. The van der Waals surface area contributed by atoms with Gasteiger partial charge in [-0.05, 0) is 75.5 Å². The number of amides is 11. The number of nitrogens with two attached hydrogens (primary N) is 2. The highest BCUT2D eigenvalue weighted by molar-refractivity contribution is 7.99. The van der Waals surface area contributed by atoms with Crippen LogP contribution in [0, 0.1) is 0 Å². The molecular weight excluding hydrogens is 1050 g/mol. The molecule has 2 aromatic rings. The van der Waals surface area contributed by atoms with Crippen molar-refractivity contribution >= 4 is 82.7 Å². The van der Waals surface area contributed by atoms with E-state index in [1.165, 1.54) is 39.2 Å². The smallest absolute Gasteiger partial charge is 0.313 e. The first-order chi connectivity index (χ1) is 37.5. The van der Waals surface area contributed by atoms with Crippen LogP contribution in [0.4, 0.5) is 0 Å². The lowest BCUT2D eigenvalue weighted by Gasteiger charge is -2.22. The number of aromatic nitrogens is 1. The molecule has 1 aliphatic heterocycles. The van der Waals surface area contributed by atoms with Crippen molar-refractivity contribution in [1.29, 1.82) is 0 Å². The zero-order valence-corrected chi connectivity index (χ0v) is 45.6. The number of esters is 1. The standard InChI is InChI=1S/C51H73N11O16S/c1-5-40(65)58-35(14-7-9-21-54-30(2)63)50(75)59-33(47(52)72)12-6-10-22-55-41(66)19-24-62-45(70)28-39(51(62)76)79-29-36(48(53)73)60-49(74)34(57-31(3)64)13-8-11-23-56-42(67)27-32-15-16-37(38(26-32)77-4)78-46(71)20-25-61-43(68)17-18-44(61)69/h15-18,26,28,33-36,70,76H,5-14,19-25,27,29H2,1-4H3,(H2,52,72)(H2,53,73)(H,54,63)(H,55,66)(H,56,67)(H,57,64)(H,58,65)(H,59,75)(H,60,74). The summed E-state index contributed by atoms with van der Waals surface area (Å²) >= 11 is 0.883. The molecule has 0 saturated heterocycles. The summed E-state index contributed by atoms with van der Waals surface area (Å²) in [6.07, 6.45) is 5.02. The van der Waals surface area contributed by atoms with Gasteiger partial charge in [-0.25, -0.2) is 0 Å². The maximum atomic E-state index is 13.4. The van der Waals surface area contributed by atoms with E-state index in [1.54, 1.807) is 13.0 Å². The summed E-state index contributed by atoms with van der Waals surface area (Å²) in [7, 11) is 1.35. The second-order valence-corrected chi connectivity index (χ2v) is 19.3. The van der Waals surface area contributed by atoms with E-state index in [2.05, 4.69) is 37.2 Å². The van der Waals surface area contributed by atoms with Crippen LogP contribution in [0.25, 0.3) is 0 Å². The predicted molar refractivity (Wildman–Crippen MR) is 284 cm³/mol. The minimum Gasteiger partial charge on any atom is -0.494 e. The van der Waals surface area contributed by atoms with Gasteiger partial charge in [-0.1, -0.05) is 13.0 Å². The van der Waals surface area contributed by atoms with Crippen LogP contribution in [0.2, 0.25) is 0 Å². The minimum atomic E-state index is -1.29. The number of hydrogen-bond donors (Lipinski definition) is 11. The third-order valence-electron chi connectivity index (χ3n) is 12.0. The van der Waals surface area contributed by atoms with Crippen LogP contribution < -0.4 is 58.2 Å². The molecule has 1 aliphatic rings. The van der Waals surface area contributed by atoms with E-state index < -0.39 is 89.2 Å². The van der Waals surface area contributed by atoms with Gasteiger partial charge in [-0.15, -0.1) is 11.8 Å². The summed E-state index contributed by atoms with van der Waals surface area (Å²) in [6, 6.07) is 1.40. The number of unbranched alkanes of at least 4 members (excludes halogenated alkanes) is 3. The van der Waals surface area contributed by atoms with Crippen LogP contribution in [0.3, 0.4) is 0 Å². The minimum absolute atomic E-state index is 0.0613. The van der Waals surface area contributed by atoms with E-state index in [9.17, 15) is 67.7 Å². The Morgan fingerprint density at radius 3 is 1.75 bits per heavy atom. The average molecular weight is 1130 g/mol. The molecule has 11 amide bonds. The van der Waals surface area contributed by atoms with Crippen LogP contribution in [0.5, 0.6) is 23.3 Å². The lowest BCUT2D eigenvalue weighted by molar-refractivity contribution is -0.139. The summed E-state index contributed by atoms with van der Waals surface area (Å²) in [5, 5.41) is 40.0. The molecule has 1 aromatic carbocycles. The van der Waals surface area contributed by atoms with Gasteiger partial charge in [0.05, 0.1) is 24.8 Å². The number of carbonyl (C=O) groups excluding carboxylic acids is 12. The molecule has 4 atom stereocenters. The molecule has 13 N–H and O–H groups in total. The average Bonchev–Trinajstić information content (AvgIpc) is 3.87. The molecule has 0 radical (unpaired) electrons. The predicted octanol–water partition coefficient (Wildman–Crippen LogP) is -0.928. The molecule has 27 nitrogen and oxygen atoms in total. The highest BCUT2D eigenvalue weighted by Crippen LogP contribution is 2.36. The lowest BCUT2D eigenvalue weighted by atomic mass is 10.1. The molecule has 0 aliphatic carbocycles. The fraction of sp³-hybridized carbons (Fsp3) is 0.529. The van der Waals surface area contributed by atoms with Crippen molar-refractivity contribution in [3.05, 3.63) is 42.0 Å². The Kier molecular flexibility index (Phi) is 27.9. The number of nitrogens with one attached hydrogen (secondary N) is 7. The molecule has 28 heteroatoms. The fourth-order valence-electron chi connectivity index (χ4n) is 7.73. The number of methoxy groups -OCH3 is 1. The van der Waals surface area contributed by atoms with Crippen molar-refractivity contribution in [2.45, 2.75) is 140 Å². The number of hydrogen-bond acceptors (Lipinski definition) is 17. The number of thioether (sulfide) groups is 1. The summed E-state index contributed by atoms with van der Waals surface area (Å²) < 4.78 is 11.7. The monoisotopic (exact) mass is 1130 g/mol. The number of imide groups is 1. The van der Waals surface area contributed by atoms with Crippen molar-refractivity contribution in [3.63, 3.8) is 0 Å². The van der Waals surface area contributed by atoms with Crippen LogP contribution in [0.1, 0.15) is 103 Å². The van der Waals surface area contributed by atoms with E-state index in [0.717, 1.165) is 33.4 Å². The van der Waals surface area contributed by atoms with Gasteiger partial charge in [0.25, 0.3) is 11.8 Å². The molecule has 2 heterocycles. The Morgan fingerprint density at radius 2 is 1.19 bits per heavy atom. The number of ether oxygens (including phenoxy) is 2. The van der Waals surface area contributed by atoms with Gasteiger partial charge < -0.3 is 68.4 Å². The third-order valence-corrected chi connectivity index (χ3v) is 13.1. The highest BCUT2D eigenvalue weighted by atomic mass is 32.2. The van der Waals surface area contributed by atoms with Crippen LogP contribution >= 0.6 is 11.8 Å². The lowest BCUT2D eigenvalue weighted by Crippen LogP contribution is -2.53. The highest BCUT2D eigenvalue weighted by Gasteiger charge is 2.28. The third kappa shape index (κ3) is 23.5. The maximum Gasteiger partial charge on any atom is 0.313 e. The molecule has 0 spiro atoms. The molecule has 0 saturated carbocycles. The second kappa shape index (κ2) is 33.9. The van der Waals surface area contributed by atoms with Crippen molar-refractivity contribution in [3.8, 4) is 23.3 Å². The zero-order valence-electron chi connectivity index (χ0n) is 44.8. The Morgan fingerprint density at radius 1 is 0.633 bits per heavy atom. The van der Waals surface area contributed by atoms with Gasteiger partial charge in [-0.2, -0.15) is 0 Å². The topological polar surface area (TPSA) is 408 Å². The van der Waals surface area contributed by atoms with Crippen molar-refractivity contribution < 1.29 is 77.2 Å². The van der Waals surface area contributed by atoms with E-state index in [1.807, 2.05) is 0 Å². The summed E-state index contributed by atoms with van der Waals surface area (Å²) in [6.45, 7) is 4.72. The SMILES string of the molecule is CCC(=O)NC(CCCCNC(C)=O)C(=O)NC(CCCCNC(=O)CCn1c(O)cc(SCC(NC(=O)C(CCCCNC(=O)Cc2ccc(OC(=O)CCN3C(=O)C=CC3=O)c(OC)c2)NC(C)=O)C(N)=O)c1O)C(N)=O. The fourth-order valence-corrected chi connectivity index (χ4v) is 8.75. The van der Waals surface area contributed by atoms with Crippen LogP contribution in [0.15, 0.2) is 41.3 Å². The van der Waals surface area contributed by atoms with Gasteiger partial charge in [0, 0.05) is 83.4 Å². The van der Waals surface area contributed by atoms with Crippen molar-refractivity contribution in [1.82, 2.24) is 46.7 Å². The summed E-state index contributed by atoms with van der Waals surface area (Å²) in [5.74, 6) is -7.37. The molecule has 3 rings (SSSR count). The second-order valence-electron chi connectivity index (χ2n) is 18.3. The van der Waals surface area contributed by atoms with Crippen molar-refractivity contribution in [2.75, 3.05) is 39.0 Å². The molecule has 79 heavy (non-hydrogen) atoms. The molecule has 434 valence electrons. The molecule has 0 fully saturated rings. The van der Waals surface area contributed by atoms with E-state index in [-0.39, 0.29) is 111 Å². The molecular formula is C51H73N11O16S.